The van der Waals surface area contributed by atoms with Gasteiger partial charge in [0.1, 0.15) is 17.2 Å². The molecule has 0 aliphatic rings. The number of hydrogen-bond donors (Lipinski definition) is 1. The number of esters is 1. The summed E-state index contributed by atoms with van der Waals surface area (Å²) in [6.07, 6.45) is 0.741. The van der Waals surface area contributed by atoms with E-state index < -0.39 is 6.04 Å². The number of rotatable bonds is 13. The van der Waals surface area contributed by atoms with E-state index in [0.717, 1.165) is 39.5 Å². The maximum absolute atomic E-state index is 13.2. The van der Waals surface area contributed by atoms with Crippen LogP contribution in [0.25, 0.3) is 16.9 Å². The van der Waals surface area contributed by atoms with Crippen LogP contribution >= 0.6 is 0 Å². The van der Waals surface area contributed by atoms with Crippen molar-refractivity contribution in [2.24, 2.45) is 0 Å². The Balaban J connectivity index is 1.52. The molecular weight excluding hydrogens is 548 g/mol. The van der Waals surface area contributed by atoms with Crippen LogP contribution < -0.4 is 19.5 Å². The van der Waals surface area contributed by atoms with E-state index in [2.05, 4.69) is 5.32 Å². The highest BCUT2D eigenvalue weighted by atomic mass is 16.5. The lowest BCUT2D eigenvalue weighted by molar-refractivity contribution is -0.143. The Morgan fingerprint density at radius 1 is 0.977 bits per heavy atom. The first-order chi connectivity index (χ1) is 20.6. The molecular formula is C33H40N4O6. The van der Waals surface area contributed by atoms with Gasteiger partial charge in [-0.25, -0.2) is 9.50 Å². The molecule has 0 radical (unpaired) electrons. The zero-order chi connectivity index (χ0) is 31.1. The number of methoxy groups -OCH3 is 2. The minimum Gasteiger partial charge on any atom is -0.497 e. The third kappa shape index (κ3) is 7.63. The molecule has 228 valence electrons. The van der Waals surface area contributed by atoms with Crippen molar-refractivity contribution in [3.8, 4) is 28.5 Å². The van der Waals surface area contributed by atoms with Gasteiger partial charge in [0.05, 0.1) is 45.1 Å². The van der Waals surface area contributed by atoms with Crippen LogP contribution in [0.2, 0.25) is 0 Å². The topological polar surface area (TPSA) is 113 Å². The summed E-state index contributed by atoms with van der Waals surface area (Å²) >= 11 is 0. The van der Waals surface area contributed by atoms with Crippen LogP contribution in [0.3, 0.4) is 0 Å². The molecule has 43 heavy (non-hydrogen) atoms. The van der Waals surface area contributed by atoms with Gasteiger partial charge in [0.2, 0.25) is 5.91 Å². The predicted molar refractivity (Wildman–Crippen MR) is 164 cm³/mol. The van der Waals surface area contributed by atoms with E-state index in [-0.39, 0.29) is 37.4 Å². The molecule has 0 spiro atoms. The summed E-state index contributed by atoms with van der Waals surface area (Å²) in [5, 5.41) is 7.84. The van der Waals surface area contributed by atoms with Gasteiger partial charge in [-0.05, 0) is 76.4 Å². The van der Waals surface area contributed by atoms with Crippen molar-refractivity contribution < 1.29 is 28.5 Å². The van der Waals surface area contributed by atoms with E-state index >= 15 is 0 Å². The zero-order valence-electron chi connectivity index (χ0n) is 25.9. The number of ether oxygens (including phenoxy) is 4. The van der Waals surface area contributed by atoms with Crippen molar-refractivity contribution in [3.05, 3.63) is 71.0 Å². The van der Waals surface area contributed by atoms with Gasteiger partial charge in [-0.3, -0.25) is 9.59 Å². The van der Waals surface area contributed by atoms with Gasteiger partial charge in [0, 0.05) is 35.5 Å². The number of carbonyl (C=O) groups excluding carboxylic acids is 2. The lowest BCUT2D eigenvalue weighted by Crippen LogP contribution is -2.31. The highest BCUT2D eigenvalue weighted by Gasteiger charge is 2.21. The van der Waals surface area contributed by atoms with Crippen LogP contribution in [0.5, 0.6) is 17.2 Å². The fourth-order valence-corrected chi connectivity index (χ4v) is 5.02. The number of nitrogens with one attached hydrogen (secondary N) is 1. The molecule has 10 heteroatoms. The molecule has 2 heterocycles. The summed E-state index contributed by atoms with van der Waals surface area (Å²) in [4.78, 5) is 30.3. The first kappa shape index (κ1) is 31.3. The van der Waals surface area contributed by atoms with Gasteiger partial charge in [0.15, 0.2) is 5.65 Å². The van der Waals surface area contributed by atoms with Gasteiger partial charge >= 0.3 is 5.97 Å². The fraction of sp³-hybridized carbons (Fsp3) is 0.394. The largest absolute Gasteiger partial charge is 0.497 e. The highest BCUT2D eigenvalue weighted by Crippen LogP contribution is 2.33. The second-order valence-corrected chi connectivity index (χ2v) is 10.5. The fourth-order valence-electron chi connectivity index (χ4n) is 5.02. The molecule has 0 fully saturated rings. The van der Waals surface area contributed by atoms with Gasteiger partial charge in [-0.1, -0.05) is 12.1 Å². The third-order valence-corrected chi connectivity index (χ3v) is 7.12. The molecule has 4 rings (SSSR count). The monoisotopic (exact) mass is 588 g/mol. The van der Waals surface area contributed by atoms with Gasteiger partial charge < -0.3 is 24.3 Å². The summed E-state index contributed by atoms with van der Waals surface area (Å²) in [5.41, 5.74) is 5.71. The van der Waals surface area contributed by atoms with E-state index in [0.29, 0.717) is 23.6 Å². The number of hydrogen-bond acceptors (Lipinski definition) is 8. The molecule has 2 aromatic carbocycles. The number of aromatic nitrogens is 3. The summed E-state index contributed by atoms with van der Waals surface area (Å²) in [6, 6.07) is 14.4. The maximum Gasteiger partial charge on any atom is 0.308 e. The SMILES string of the molecule is CCOC(=O)C[C@H](NC(=O)CCc1c(C)nc2cc(-c3ccc(OC)cc3OC)nn2c1C)c1ccc(OC(C)C)cc1. The molecule has 0 bridgehead atoms. The quantitative estimate of drug-likeness (QED) is 0.202. The summed E-state index contributed by atoms with van der Waals surface area (Å²) in [6.45, 7) is 9.85. The maximum atomic E-state index is 13.2. The van der Waals surface area contributed by atoms with Crippen molar-refractivity contribution in [1.29, 1.82) is 0 Å². The first-order valence-electron chi connectivity index (χ1n) is 14.4. The molecule has 0 aliphatic heterocycles. The molecule has 0 saturated carbocycles. The Labute approximate surface area is 252 Å². The van der Waals surface area contributed by atoms with Crippen molar-refractivity contribution in [2.45, 2.75) is 66.0 Å². The summed E-state index contributed by atoms with van der Waals surface area (Å²) < 4.78 is 23.6. The number of nitrogens with zero attached hydrogens (tertiary/aromatic N) is 3. The van der Waals surface area contributed by atoms with Crippen molar-refractivity contribution in [2.75, 3.05) is 20.8 Å². The molecule has 0 aliphatic carbocycles. The lowest BCUT2D eigenvalue weighted by atomic mass is 10.0. The zero-order valence-corrected chi connectivity index (χ0v) is 25.9. The van der Waals surface area contributed by atoms with Crippen molar-refractivity contribution >= 4 is 17.5 Å². The van der Waals surface area contributed by atoms with Crippen molar-refractivity contribution in [3.63, 3.8) is 0 Å². The molecule has 2 aromatic heterocycles. The number of amides is 1. The van der Waals surface area contributed by atoms with Crippen LogP contribution in [0.15, 0.2) is 48.5 Å². The summed E-state index contributed by atoms with van der Waals surface area (Å²) in [5.74, 6) is 1.51. The third-order valence-electron chi connectivity index (χ3n) is 7.12. The molecule has 1 amide bonds. The van der Waals surface area contributed by atoms with Crippen LogP contribution in [-0.2, 0) is 20.7 Å². The Hall–Kier alpha value is -4.60. The minimum absolute atomic E-state index is 0.0282. The Morgan fingerprint density at radius 2 is 1.70 bits per heavy atom. The number of benzene rings is 2. The lowest BCUT2D eigenvalue weighted by Gasteiger charge is -2.20. The van der Waals surface area contributed by atoms with Crippen LogP contribution in [-0.4, -0.2) is 53.4 Å². The standard InChI is InChI=1S/C33H40N4O6/c1-8-42-33(39)19-28(23-9-11-24(12-10-23)43-20(2)3)35-32(38)16-15-26-21(4)34-31-18-29(36-37(31)22(26)5)27-14-13-25(40-6)17-30(27)41-7/h9-14,17-18,20,28H,8,15-16,19H2,1-7H3,(H,35,38)/t28-/m0/s1. The summed E-state index contributed by atoms with van der Waals surface area (Å²) in [7, 11) is 3.22. The van der Waals surface area contributed by atoms with Gasteiger partial charge in [-0.15, -0.1) is 0 Å². The molecule has 10 nitrogen and oxygen atoms in total. The average Bonchev–Trinajstić information content (AvgIpc) is 3.40. The Kier molecular flexibility index (Phi) is 10.2. The van der Waals surface area contributed by atoms with E-state index in [9.17, 15) is 9.59 Å². The van der Waals surface area contributed by atoms with Crippen molar-refractivity contribution in [1.82, 2.24) is 19.9 Å². The Morgan fingerprint density at radius 3 is 2.35 bits per heavy atom. The van der Waals surface area contributed by atoms with Crippen LogP contribution in [0.1, 0.15) is 62.2 Å². The highest BCUT2D eigenvalue weighted by molar-refractivity contribution is 5.78. The Bertz CT molecular complexity index is 1580. The van der Waals surface area contributed by atoms with E-state index in [1.165, 1.54) is 0 Å². The normalized spacial score (nSPS) is 11.8. The molecule has 0 saturated heterocycles. The second kappa shape index (κ2) is 14.0. The number of fused-ring (bicyclic) bond motifs is 1. The first-order valence-corrected chi connectivity index (χ1v) is 14.4. The van der Waals surface area contributed by atoms with Gasteiger partial charge in [-0.2, -0.15) is 5.10 Å². The van der Waals surface area contributed by atoms with E-state index in [1.807, 2.05) is 76.2 Å². The predicted octanol–water partition coefficient (Wildman–Crippen LogP) is 5.56. The second-order valence-electron chi connectivity index (χ2n) is 10.5. The van der Waals surface area contributed by atoms with E-state index in [4.69, 9.17) is 29.0 Å². The molecule has 0 unspecified atom stereocenters. The van der Waals surface area contributed by atoms with Crippen LogP contribution in [0.4, 0.5) is 0 Å². The average molecular weight is 589 g/mol. The number of carbonyl (C=O) groups is 2. The molecule has 1 atom stereocenters. The minimum atomic E-state index is -0.532. The van der Waals surface area contributed by atoms with Gasteiger partial charge in [0.25, 0.3) is 0 Å². The van der Waals surface area contributed by atoms with Crippen LogP contribution in [0, 0.1) is 13.8 Å². The molecule has 4 aromatic rings. The number of aryl methyl sites for hydroxylation is 2. The smallest absolute Gasteiger partial charge is 0.308 e. The van der Waals surface area contributed by atoms with E-state index in [1.54, 1.807) is 25.7 Å². The molecule has 1 N–H and O–H groups in total.